The van der Waals surface area contributed by atoms with Crippen molar-refractivity contribution in [2.24, 2.45) is 12.9 Å². The molecule has 2 aromatic heterocycles. The number of hydrogen-bond donors (Lipinski definition) is 3. The Hall–Kier alpha value is -2.14. The Labute approximate surface area is 111 Å². The molecular formula is C8H12N8O2S. The number of rotatable bonds is 5. The van der Waals surface area contributed by atoms with Gasteiger partial charge in [-0.25, -0.2) is 15.7 Å². The van der Waals surface area contributed by atoms with Gasteiger partial charge in [-0.2, -0.15) is 15.0 Å². The van der Waals surface area contributed by atoms with Crippen LogP contribution in [0.25, 0.3) is 0 Å². The van der Waals surface area contributed by atoms with Crippen LogP contribution in [0.2, 0.25) is 0 Å². The molecule has 0 aliphatic carbocycles. The van der Waals surface area contributed by atoms with E-state index in [4.69, 9.17) is 10.6 Å². The van der Waals surface area contributed by atoms with Gasteiger partial charge in [-0.05, 0) is 18.7 Å². The number of ether oxygens (including phenoxy) is 1. The van der Waals surface area contributed by atoms with E-state index < -0.39 is 0 Å². The lowest BCUT2D eigenvalue weighted by atomic mass is 10.8. The lowest BCUT2D eigenvalue weighted by Crippen LogP contribution is -2.14. The molecule has 102 valence electrons. The molecule has 2 aromatic rings. The Morgan fingerprint density at radius 3 is 2.84 bits per heavy atom. The fourth-order valence-electron chi connectivity index (χ4n) is 1.15. The van der Waals surface area contributed by atoms with Crippen LogP contribution in [-0.2, 0) is 7.05 Å². The van der Waals surface area contributed by atoms with Gasteiger partial charge in [-0.15, -0.1) is 5.10 Å². The third kappa shape index (κ3) is 3.00. The van der Waals surface area contributed by atoms with Crippen LogP contribution in [0.4, 0.5) is 5.95 Å². The van der Waals surface area contributed by atoms with Crippen molar-refractivity contribution in [3.05, 3.63) is 10.5 Å². The van der Waals surface area contributed by atoms with Gasteiger partial charge >= 0.3 is 11.7 Å². The standard InChI is InChI=1S/C8H12N8O2S/c1-3-18-5-10-4(13-9)11-6(12-5)19-8-15-14-7(17)16(8)2/h3,9H2,1-2H3,(H,14,17)(H,10,11,12,13). The van der Waals surface area contributed by atoms with E-state index >= 15 is 0 Å². The molecular weight excluding hydrogens is 272 g/mol. The van der Waals surface area contributed by atoms with Gasteiger partial charge in [0.1, 0.15) is 0 Å². The SMILES string of the molecule is CCOc1nc(NN)nc(Sc2n[nH]c(=O)n2C)n1. The van der Waals surface area contributed by atoms with E-state index in [-0.39, 0.29) is 17.6 Å². The monoisotopic (exact) mass is 284 g/mol. The topological polar surface area (TPSA) is 137 Å². The number of aromatic amines is 1. The summed E-state index contributed by atoms with van der Waals surface area (Å²) < 4.78 is 6.53. The van der Waals surface area contributed by atoms with Gasteiger partial charge in [-0.1, -0.05) is 0 Å². The van der Waals surface area contributed by atoms with E-state index in [1.54, 1.807) is 7.05 Å². The second-order valence-electron chi connectivity index (χ2n) is 3.27. The molecule has 0 bridgehead atoms. The van der Waals surface area contributed by atoms with E-state index in [0.717, 1.165) is 11.8 Å². The summed E-state index contributed by atoms with van der Waals surface area (Å²) in [6, 6.07) is 0.147. The van der Waals surface area contributed by atoms with Crippen molar-refractivity contribution in [1.82, 2.24) is 29.7 Å². The maximum absolute atomic E-state index is 11.2. The van der Waals surface area contributed by atoms with Crippen molar-refractivity contribution in [3.8, 4) is 6.01 Å². The Bertz CT molecular complexity index is 623. The van der Waals surface area contributed by atoms with Crippen LogP contribution in [0.3, 0.4) is 0 Å². The van der Waals surface area contributed by atoms with Crippen molar-refractivity contribution < 1.29 is 4.74 Å². The largest absolute Gasteiger partial charge is 0.464 e. The lowest BCUT2D eigenvalue weighted by Gasteiger charge is -2.05. The number of nitrogen functional groups attached to an aromatic ring is 1. The number of nitrogens with one attached hydrogen (secondary N) is 2. The molecule has 0 fully saturated rings. The van der Waals surface area contributed by atoms with Crippen LogP contribution in [0.5, 0.6) is 6.01 Å². The number of H-pyrrole nitrogens is 1. The first-order chi connectivity index (χ1) is 9.13. The van der Waals surface area contributed by atoms with Crippen LogP contribution >= 0.6 is 11.8 Å². The normalized spacial score (nSPS) is 10.5. The third-order valence-electron chi connectivity index (χ3n) is 2.02. The van der Waals surface area contributed by atoms with E-state index in [0.29, 0.717) is 16.9 Å². The fourth-order valence-corrected chi connectivity index (χ4v) is 1.88. The number of nitrogens with zero attached hydrogens (tertiary/aromatic N) is 5. The average molecular weight is 284 g/mol. The molecule has 4 N–H and O–H groups in total. The molecule has 0 saturated carbocycles. The predicted molar refractivity (Wildman–Crippen MR) is 66.8 cm³/mol. The van der Waals surface area contributed by atoms with E-state index in [9.17, 15) is 4.79 Å². The first kappa shape index (κ1) is 13.3. The van der Waals surface area contributed by atoms with Crippen molar-refractivity contribution in [3.63, 3.8) is 0 Å². The second kappa shape index (κ2) is 5.67. The van der Waals surface area contributed by atoms with Crippen LogP contribution in [0.1, 0.15) is 6.92 Å². The van der Waals surface area contributed by atoms with Gasteiger partial charge in [0.25, 0.3) is 0 Å². The summed E-state index contributed by atoms with van der Waals surface area (Å²) >= 11 is 1.09. The summed E-state index contributed by atoms with van der Waals surface area (Å²) in [6.45, 7) is 2.22. The Morgan fingerprint density at radius 2 is 2.26 bits per heavy atom. The predicted octanol–water partition coefficient (Wildman–Crippen LogP) is -0.871. The zero-order valence-corrected chi connectivity index (χ0v) is 11.1. The number of hydrogen-bond acceptors (Lipinski definition) is 9. The van der Waals surface area contributed by atoms with Gasteiger partial charge in [0, 0.05) is 7.05 Å². The zero-order chi connectivity index (χ0) is 13.8. The van der Waals surface area contributed by atoms with Crippen molar-refractivity contribution in [2.45, 2.75) is 17.2 Å². The summed E-state index contributed by atoms with van der Waals surface area (Å²) in [4.78, 5) is 23.3. The summed E-state index contributed by atoms with van der Waals surface area (Å²) in [5.74, 6) is 5.43. The lowest BCUT2D eigenvalue weighted by molar-refractivity contribution is 0.308. The molecule has 0 aromatic carbocycles. The molecule has 11 heteroatoms. The first-order valence-electron chi connectivity index (χ1n) is 5.28. The first-order valence-corrected chi connectivity index (χ1v) is 6.10. The highest BCUT2D eigenvalue weighted by atomic mass is 32.2. The minimum absolute atomic E-state index is 0.147. The Balaban J connectivity index is 2.31. The van der Waals surface area contributed by atoms with Gasteiger partial charge < -0.3 is 4.74 Å². The zero-order valence-electron chi connectivity index (χ0n) is 10.2. The summed E-state index contributed by atoms with van der Waals surface area (Å²) in [7, 11) is 1.58. The van der Waals surface area contributed by atoms with Crippen molar-refractivity contribution in [1.29, 1.82) is 0 Å². The Kier molecular flexibility index (Phi) is 3.97. The quantitative estimate of drug-likeness (QED) is 0.472. The van der Waals surface area contributed by atoms with Gasteiger partial charge in [0.05, 0.1) is 6.61 Å². The molecule has 0 saturated heterocycles. The van der Waals surface area contributed by atoms with Gasteiger partial charge in [-0.3, -0.25) is 9.99 Å². The maximum Gasteiger partial charge on any atom is 0.343 e. The molecule has 0 amide bonds. The van der Waals surface area contributed by atoms with E-state index in [1.807, 2.05) is 6.92 Å². The number of aromatic nitrogens is 6. The van der Waals surface area contributed by atoms with E-state index in [1.165, 1.54) is 4.57 Å². The van der Waals surface area contributed by atoms with Crippen LogP contribution in [-0.4, -0.2) is 36.3 Å². The highest BCUT2D eigenvalue weighted by Crippen LogP contribution is 2.22. The van der Waals surface area contributed by atoms with Crippen LogP contribution in [0, 0.1) is 0 Å². The minimum atomic E-state index is -0.321. The molecule has 0 radical (unpaired) electrons. The van der Waals surface area contributed by atoms with Gasteiger partial charge in [0.15, 0.2) is 5.16 Å². The molecule has 0 aliphatic heterocycles. The molecule has 0 atom stereocenters. The highest BCUT2D eigenvalue weighted by Gasteiger charge is 2.12. The van der Waals surface area contributed by atoms with Crippen molar-refractivity contribution >= 4 is 17.7 Å². The smallest absolute Gasteiger partial charge is 0.343 e. The molecule has 0 aliphatic rings. The van der Waals surface area contributed by atoms with Crippen LogP contribution in [0.15, 0.2) is 15.1 Å². The van der Waals surface area contributed by atoms with Crippen molar-refractivity contribution in [2.75, 3.05) is 12.0 Å². The third-order valence-corrected chi connectivity index (χ3v) is 2.93. The summed E-state index contributed by atoms with van der Waals surface area (Å²) in [6.07, 6.45) is 0. The Morgan fingerprint density at radius 1 is 1.47 bits per heavy atom. The number of anilines is 1. The number of hydrazine groups is 1. The highest BCUT2D eigenvalue weighted by molar-refractivity contribution is 7.99. The molecule has 19 heavy (non-hydrogen) atoms. The summed E-state index contributed by atoms with van der Waals surface area (Å²) in [5, 5.41) is 6.89. The van der Waals surface area contributed by atoms with Gasteiger partial charge in [0.2, 0.25) is 11.1 Å². The summed E-state index contributed by atoms with van der Waals surface area (Å²) in [5.41, 5.74) is 2.00. The minimum Gasteiger partial charge on any atom is -0.464 e. The molecule has 0 spiro atoms. The molecule has 0 unspecified atom stereocenters. The molecule has 10 nitrogen and oxygen atoms in total. The molecule has 2 heterocycles. The average Bonchev–Trinajstić information content (AvgIpc) is 2.71. The fraction of sp³-hybridized carbons (Fsp3) is 0.375. The van der Waals surface area contributed by atoms with E-state index in [2.05, 4.69) is 30.6 Å². The second-order valence-corrected chi connectivity index (χ2v) is 4.21. The number of nitrogens with two attached hydrogens (primary N) is 1. The maximum atomic E-state index is 11.2. The molecule has 2 rings (SSSR count). The van der Waals surface area contributed by atoms with Crippen LogP contribution < -0.4 is 21.7 Å².